The molecule has 0 aromatic heterocycles. The topological polar surface area (TPSA) is 26.0 Å². The average Bonchev–Trinajstić information content (AvgIpc) is 2.17. The van der Waals surface area contributed by atoms with Crippen molar-refractivity contribution in [3.05, 3.63) is 34.6 Å². The van der Waals surface area contributed by atoms with Crippen molar-refractivity contribution >= 4 is 24.0 Å². The Hall–Kier alpha value is -0.310. The first-order valence-corrected chi connectivity index (χ1v) is 5.73. The van der Waals surface area contributed by atoms with Crippen LogP contribution in [0.5, 0.6) is 0 Å². The van der Waals surface area contributed by atoms with Crippen LogP contribution in [0.1, 0.15) is 44.2 Å². The van der Waals surface area contributed by atoms with Gasteiger partial charge in [-0.15, -0.1) is 12.4 Å². The second kappa shape index (κ2) is 7.88. The molecule has 0 radical (unpaired) electrons. The fourth-order valence-electron chi connectivity index (χ4n) is 1.57. The van der Waals surface area contributed by atoms with Crippen LogP contribution in [-0.2, 0) is 0 Å². The van der Waals surface area contributed by atoms with Crippen LogP contribution in [0.25, 0.3) is 0 Å². The van der Waals surface area contributed by atoms with Gasteiger partial charge in [0.2, 0.25) is 0 Å². The molecule has 0 aliphatic rings. The third-order valence-corrected chi connectivity index (χ3v) is 2.81. The number of unbranched alkanes of at least 4 members (excludes halogenated alkanes) is 2. The van der Waals surface area contributed by atoms with Crippen molar-refractivity contribution in [2.24, 2.45) is 5.73 Å². The van der Waals surface area contributed by atoms with Gasteiger partial charge in [0.05, 0.1) is 0 Å². The van der Waals surface area contributed by atoms with Crippen LogP contribution in [-0.4, -0.2) is 0 Å². The summed E-state index contributed by atoms with van der Waals surface area (Å²) >= 11 is 5.92. The lowest BCUT2D eigenvalue weighted by molar-refractivity contribution is 0.578. The molecule has 16 heavy (non-hydrogen) atoms. The molecule has 0 heterocycles. The Bertz CT molecular complexity index is 318. The van der Waals surface area contributed by atoms with Gasteiger partial charge in [-0.2, -0.15) is 0 Å². The van der Waals surface area contributed by atoms with Crippen LogP contribution < -0.4 is 5.73 Å². The number of benzene rings is 1. The first-order valence-electron chi connectivity index (χ1n) is 5.35. The molecule has 1 atom stereocenters. The standard InChI is InChI=1S/C12H17ClFN.ClH/c1-2-3-4-5-12(15)10-7-6-9(14)8-11(10)13;/h6-8,12H,2-5,15H2,1H3;1H/t12-;/m0./s1. The SMILES string of the molecule is CCCCC[C@H](N)c1ccc(F)cc1Cl.Cl. The molecule has 0 aliphatic carbocycles. The fourth-order valence-corrected chi connectivity index (χ4v) is 1.88. The van der Waals surface area contributed by atoms with Gasteiger partial charge < -0.3 is 5.73 Å². The number of nitrogens with two attached hydrogens (primary N) is 1. The molecule has 1 aromatic rings. The van der Waals surface area contributed by atoms with Crippen molar-refractivity contribution < 1.29 is 4.39 Å². The second-order valence-corrected chi connectivity index (χ2v) is 4.18. The zero-order valence-corrected chi connectivity index (χ0v) is 11.0. The molecular weight excluding hydrogens is 248 g/mol. The van der Waals surface area contributed by atoms with E-state index in [2.05, 4.69) is 6.92 Å². The summed E-state index contributed by atoms with van der Waals surface area (Å²) in [6.07, 6.45) is 4.33. The van der Waals surface area contributed by atoms with Gasteiger partial charge in [0, 0.05) is 11.1 Å². The fraction of sp³-hybridized carbons (Fsp3) is 0.500. The lowest BCUT2D eigenvalue weighted by Gasteiger charge is -2.13. The third-order valence-electron chi connectivity index (χ3n) is 2.48. The smallest absolute Gasteiger partial charge is 0.124 e. The average molecular weight is 266 g/mol. The molecule has 2 N–H and O–H groups in total. The van der Waals surface area contributed by atoms with E-state index in [0.29, 0.717) is 5.02 Å². The van der Waals surface area contributed by atoms with Crippen molar-refractivity contribution in [3.8, 4) is 0 Å². The molecule has 0 spiro atoms. The number of hydrogen-bond acceptors (Lipinski definition) is 1. The molecule has 0 amide bonds. The van der Waals surface area contributed by atoms with Gasteiger partial charge in [-0.3, -0.25) is 0 Å². The van der Waals surface area contributed by atoms with Crippen molar-refractivity contribution in [1.29, 1.82) is 0 Å². The van der Waals surface area contributed by atoms with Crippen LogP contribution in [0.3, 0.4) is 0 Å². The van der Waals surface area contributed by atoms with Crippen LogP contribution in [0.4, 0.5) is 4.39 Å². The molecule has 1 rings (SSSR count). The number of rotatable bonds is 5. The lowest BCUT2D eigenvalue weighted by Crippen LogP contribution is -2.10. The number of halogens is 3. The van der Waals surface area contributed by atoms with Crippen LogP contribution in [0.15, 0.2) is 18.2 Å². The van der Waals surface area contributed by atoms with E-state index in [1.807, 2.05) is 0 Å². The lowest BCUT2D eigenvalue weighted by atomic mass is 10.0. The molecule has 92 valence electrons. The number of hydrogen-bond donors (Lipinski definition) is 1. The van der Waals surface area contributed by atoms with Gasteiger partial charge in [0.25, 0.3) is 0 Å². The molecule has 4 heteroatoms. The predicted molar refractivity (Wildman–Crippen MR) is 69.7 cm³/mol. The zero-order chi connectivity index (χ0) is 11.3. The molecule has 0 fully saturated rings. The predicted octanol–water partition coefficient (Wildman–Crippen LogP) is 4.48. The summed E-state index contributed by atoms with van der Waals surface area (Å²) in [5, 5.41) is 0.430. The Morgan fingerprint density at radius 3 is 2.62 bits per heavy atom. The quantitative estimate of drug-likeness (QED) is 0.781. The van der Waals surface area contributed by atoms with Gasteiger partial charge in [0.15, 0.2) is 0 Å². The third kappa shape index (κ3) is 4.69. The second-order valence-electron chi connectivity index (χ2n) is 3.77. The van der Waals surface area contributed by atoms with E-state index >= 15 is 0 Å². The first kappa shape index (κ1) is 15.7. The Kier molecular flexibility index (Phi) is 7.73. The van der Waals surface area contributed by atoms with Crippen molar-refractivity contribution in [3.63, 3.8) is 0 Å². The van der Waals surface area contributed by atoms with Gasteiger partial charge >= 0.3 is 0 Å². The Morgan fingerprint density at radius 1 is 1.38 bits per heavy atom. The minimum atomic E-state index is -0.315. The Balaban J connectivity index is 0.00000225. The highest BCUT2D eigenvalue weighted by atomic mass is 35.5. The van der Waals surface area contributed by atoms with E-state index in [4.69, 9.17) is 17.3 Å². The van der Waals surface area contributed by atoms with E-state index in [-0.39, 0.29) is 24.3 Å². The van der Waals surface area contributed by atoms with E-state index in [0.717, 1.165) is 18.4 Å². The highest BCUT2D eigenvalue weighted by Gasteiger charge is 2.10. The van der Waals surface area contributed by atoms with Gasteiger partial charge in [-0.1, -0.05) is 43.9 Å². The van der Waals surface area contributed by atoms with Gasteiger partial charge in [-0.25, -0.2) is 4.39 Å². The molecule has 0 saturated heterocycles. The van der Waals surface area contributed by atoms with Crippen molar-refractivity contribution in [2.75, 3.05) is 0 Å². The molecule has 0 saturated carbocycles. The van der Waals surface area contributed by atoms with E-state index < -0.39 is 0 Å². The minimum absolute atomic E-state index is 0. The van der Waals surface area contributed by atoms with Crippen molar-refractivity contribution in [2.45, 2.75) is 38.6 Å². The van der Waals surface area contributed by atoms with Gasteiger partial charge in [0.1, 0.15) is 5.82 Å². The Morgan fingerprint density at radius 2 is 2.06 bits per heavy atom. The summed E-state index contributed by atoms with van der Waals surface area (Å²) in [6, 6.07) is 4.32. The van der Waals surface area contributed by atoms with E-state index in [1.165, 1.54) is 25.0 Å². The molecule has 0 aliphatic heterocycles. The summed E-state index contributed by atoms with van der Waals surface area (Å²) in [7, 11) is 0. The summed E-state index contributed by atoms with van der Waals surface area (Å²) in [6.45, 7) is 2.15. The molecular formula is C12H18Cl2FN. The monoisotopic (exact) mass is 265 g/mol. The van der Waals surface area contributed by atoms with Crippen LogP contribution in [0, 0.1) is 5.82 Å². The maximum atomic E-state index is 12.8. The summed E-state index contributed by atoms with van der Waals surface area (Å²) in [5.74, 6) is -0.315. The van der Waals surface area contributed by atoms with Crippen molar-refractivity contribution in [1.82, 2.24) is 0 Å². The van der Waals surface area contributed by atoms with Crippen LogP contribution >= 0.6 is 24.0 Å². The molecule has 0 unspecified atom stereocenters. The summed E-state index contributed by atoms with van der Waals surface area (Å²) in [5.41, 5.74) is 6.82. The van der Waals surface area contributed by atoms with Gasteiger partial charge in [-0.05, 0) is 24.1 Å². The summed E-state index contributed by atoms with van der Waals surface area (Å²) in [4.78, 5) is 0. The largest absolute Gasteiger partial charge is 0.324 e. The zero-order valence-electron chi connectivity index (χ0n) is 9.38. The summed E-state index contributed by atoms with van der Waals surface area (Å²) < 4.78 is 12.8. The molecule has 1 aromatic carbocycles. The highest BCUT2D eigenvalue weighted by molar-refractivity contribution is 6.31. The normalized spacial score (nSPS) is 12.0. The maximum Gasteiger partial charge on any atom is 0.124 e. The Labute approximate surface area is 108 Å². The first-order chi connectivity index (χ1) is 7.15. The van der Waals surface area contributed by atoms with E-state index in [1.54, 1.807) is 6.07 Å². The highest BCUT2D eigenvalue weighted by Crippen LogP contribution is 2.25. The maximum absolute atomic E-state index is 12.8. The minimum Gasteiger partial charge on any atom is -0.324 e. The molecule has 1 nitrogen and oxygen atoms in total. The molecule has 0 bridgehead atoms. The van der Waals surface area contributed by atoms with E-state index in [9.17, 15) is 4.39 Å². The van der Waals surface area contributed by atoms with Crippen LogP contribution in [0.2, 0.25) is 5.02 Å².